The van der Waals surface area contributed by atoms with Crippen molar-refractivity contribution in [2.75, 3.05) is 19.6 Å². The molecule has 0 radical (unpaired) electrons. The lowest BCUT2D eigenvalue weighted by Crippen LogP contribution is -2.46. The zero-order valence-electron chi connectivity index (χ0n) is 17.1. The zero-order chi connectivity index (χ0) is 21.0. The van der Waals surface area contributed by atoms with E-state index >= 15 is 0 Å². The van der Waals surface area contributed by atoms with E-state index in [2.05, 4.69) is 5.32 Å². The molecular weight excluding hydrogens is 370 g/mol. The summed E-state index contributed by atoms with van der Waals surface area (Å²) in [7, 11) is 0. The highest BCUT2D eigenvalue weighted by atomic mass is 16.2. The van der Waals surface area contributed by atoms with Crippen molar-refractivity contribution < 1.29 is 19.2 Å². The van der Waals surface area contributed by atoms with Crippen LogP contribution in [0.15, 0.2) is 24.3 Å². The van der Waals surface area contributed by atoms with Gasteiger partial charge in [-0.3, -0.25) is 24.1 Å². The summed E-state index contributed by atoms with van der Waals surface area (Å²) in [4.78, 5) is 52.1. The highest BCUT2D eigenvalue weighted by Gasteiger charge is 2.34. The van der Waals surface area contributed by atoms with Crippen LogP contribution in [0.2, 0.25) is 0 Å². The fraction of sp³-hybridized carbons (Fsp3) is 0.545. The second-order valence-electron chi connectivity index (χ2n) is 8.23. The molecule has 156 valence electrons. The van der Waals surface area contributed by atoms with Gasteiger partial charge in [0.25, 0.3) is 11.8 Å². The van der Waals surface area contributed by atoms with Gasteiger partial charge in [-0.05, 0) is 37.3 Å². The van der Waals surface area contributed by atoms with Gasteiger partial charge in [-0.25, -0.2) is 0 Å². The van der Waals surface area contributed by atoms with E-state index in [1.54, 1.807) is 24.3 Å². The van der Waals surface area contributed by atoms with Crippen molar-refractivity contribution in [3.63, 3.8) is 0 Å². The Morgan fingerprint density at radius 1 is 1.07 bits per heavy atom. The van der Waals surface area contributed by atoms with Gasteiger partial charge < -0.3 is 10.2 Å². The summed E-state index contributed by atoms with van der Waals surface area (Å²) in [5.41, 5.74) is 0.871. The molecule has 7 nitrogen and oxygen atoms in total. The smallest absolute Gasteiger partial charge is 0.261 e. The van der Waals surface area contributed by atoms with Crippen LogP contribution in [-0.4, -0.2) is 59.1 Å². The first-order valence-corrected chi connectivity index (χ1v) is 10.4. The maximum atomic E-state index is 12.5. The lowest BCUT2D eigenvalue weighted by atomic mass is 10.0. The second kappa shape index (κ2) is 9.20. The van der Waals surface area contributed by atoms with E-state index in [9.17, 15) is 19.2 Å². The van der Waals surface area contributed by atoms with Gasteiger partial charge >= 0.3 is 0 Å². The SMILES string of the molecule is CC(C)CC(=O)NC1CCN(C(=O)CCCN2C(=O)c3ccccc3C2=O)CC1. The molecule has 0 bridgehead atoms. The van der Waals surface area contributed by atoms with Crippen LogP contribution in [0, 0.1) is 5.92 Å². The van der Waals surface area contributed by atoms with Crippen molar-refractivity contribution in [2.45, 2.75) is 52.0 Å². The van der Waals surface area contributed by atoms with Gasteiger partial charge in [-0.1, -0.05) is 26.0 Å². The summed E-state index contributed by atoms with van der Waals surface area (Å²) < 4.78 is 0. The summed E-state index contributed by atoms with van der Waals surface area (Å²) in [6.07, 6.45) is 2.80. The van der Waals surface area contributed by atoms with Crippen LogP contribution in [0.3, 0.4) is 0 Å². The molecule has 1 saturated heterocycles. The van der Waals surface area contributed by atoms with Crippen molar-refractivity contribution >= 4 is 23.6 Å². The normalized spacial score (nSPS) is 17.1. The molecule has 0 unspecified atom stereocenters. The van der Waals surface area contributed by atoms with E-state index in [0.29, 0.717) is 49.4 Å². The average Bonchev–Trinajstić information content (AvgIpc) is 2.93. The molecule has 3 rings (SSSR count). The third kappa shape index (κ3) is 5.02. The first-order chi connectivity index (χ1) is 13.9. The minimum atomic E-state index is -0.281. The Labute approximate surface area is 171 Å². The molecule has 0 aromatic heterocycles. The lowest BCUT2D eigenvalue weighted by molar-refractivity contribution is -0.132. The minimum absolute atomic E-state index is 0.0357. The first-order valence-electron chi connectivity index (χ1n) is 10.4. The van der Waals surface area contributed by atoms with Gasteiger partial charge in [0.05, 0.1) is 11.1 Å². The number of imide groups is 1. The Hall–Kier alpha value is -2.70. The standard InChI is InChI=1S/C22H29N3O4/c1-15(2)14-19(26)23-16-9-12-24(13-10-16)20(27)8-5-11-25-21(28)17-6-3-4-7-18(17)22(25)29/h3-4,6-7,15-16H,5,8-14H2,1-2H3,(H,23,26). The third-order valence-electron chi connectivity index (χ3n) is 5.46. The number of fused-ring (bicyclic) bond motifs is 1. The van der Waals surface area contributed by atoms with Crippen molar-refractivity contribution in [3.05, 3.63) is 35.4 Å². The number of rotatable bonds is 7. The molecule has 4 amide bonds. The molecule has 0 atom stereocenters. The monoisotopic (exact) mass is 399 g/mol. The van der Waals surface area contributed by atoms with E-state index in [-0.39, 0.29) is 36.2 Å². The summed E-state index contributed by atoms with van der Waals surface area (Å²) in [6, 6.07) is 6.93. The van der Waals surface area contributed by atoms with E-state index in [1.807, 2.05) is 18.7 Å². The molecule has 1 N–H and O–H groups in total. The Morgan fingerprint density at radius 3 is 2.21 bits per heavy atom. The third-order valence-corrected chi connectivity index (χ3v) is 5.46. The average molecular weight is 399 g/mol. The van der Waals surface area contributed by atoms with Crippen LogP contribution in [0.5, 0.6) is 0 Å². The molecule has 29 heavy (non-hydrogen) atoms. The zero-order valence-corrected chi connectivity index (χ0v) is 17.1. The quantitative estimate of drug-likeness (QED) is 0.712. The van der Waals surface area contributed by atoms with Crippen LogP contribution < -0.4 is 5.32 Å². The minimum Gasteiger partial charge on any atom is -0.353 e. The Balaban J connectivity index is 1.40. The van der Waals surface area contributed by atoms with Crippen molar-refractivity contribution in [1.29, 1.82) is 0 Å². The number of benzene rings is 1. The summed E-state index contributed by atoms with van der Waals surface area (Å²) >= 11 is 0. The Morgan fingerprint density at radius 2 is 1.66 bits per heavy atom. The number of carbonyl (C=O) groups is 4. The maximum Gasteiger partial charge on any atom is 0.261 e. The molecule has 0 spiro atoms. The van der Waals surface area contributed by atoms with Gasteiger partial charge in [-0.15, -0.1) is 0 Å². The molecular formula is C22H29N3O4. The van der Waals surface area contributed by atoms with Gasteiger partial charge in [0.1, 0.15) is 0 Å². The topological polar surface area (TPSA) is 86.8 Å². The van der Waals surface area contributed by atoms with E-state index < -0.39 is 0 Å². The van der Waals surface area contributed by atoms with E-state index in [1.165, 1.54) is 4.90 Å². The van der Waals surface area contributed by atoms with Crippen LogP contribution in [0.25, 0.3) is 0 Å². The fourth-order valence-corrected chi connectivity index (χ4v) is 3.92. The molecule has 1 aromatic rings. The molecule has 2 aliphatic heterocycles. The number of nitrogens with one attached hydrogen (secondary N) is 1. The van der Waals surface area contributed by atoms with Gasteiger partial charge in [0.15, 0.2) is 0 Å². The molecule has 2 aliphatic rings. The number of hydrogen-bond donors (Lipinski definition) is 1. The Kier molecular flexibility index (Phi) is 6.67. The predicted octanol–water partition coefficient (Wildman–Crippen LogP) is 2.22. The summed E-state index contributed by atoms with van der Waals surface area (Å²) in [5, 5.41) is 3.05. The molecule has 1 fully saturated rings. The number of likely N-dealkylation sites (tertiary alicyclic amines) is 1. The van der Waals surface area contributed by atoms with Crippen LogP contribution in [0.1, 0.15) is 66.7 Å². The van der Waals surface area contributed by atoms with Crippen molar-refractivity contribution in [3.8, 4) is 0 Å². The highest BCUT2D eigenvalue weighted by Crippen LogP contribution is 2.23. The maximum absolute atomic E-state index is 12.5. The van der Waals surface area contributed by atoms with Gasteiger partial charge in [0, 0.05) is 38.5 Å². The first kappa shape index (κ1) is 21.0. The molecule has 7 heteroatoms. The largest absolute Gasteiger partial charge is 0.353 e. The van der Waals surface area contributed by atoms with E-state index in [4.69, 9.17) is 0 Å². The van der Waals surface area contributed by atoms with Crippen molar-refractivity contribution in [1.82, 2.24) is 15.1 Å². The van der Waals surface area contributed by atoms with Gasteiger partial charge in [-0.2, -0.15) is 0 Å². The Bertz CT molecular complexity index is 762. The predicted molar refractivity (Wildman–Crippen MR) is 108 cm³/mol. The number of hydrogen-bond acceptors (Lipinski definition) is 4. The summed E-state index contributed by atoms with van der Waals surface area (Å²) in [6.45, 7) is 5.53. The van der Waals surface area contributed by atoms with E-state index in [0.717, 1.165) is 12.8 Å². The summed E-state index contributed by atoms with van der Waals surface area (Å²) in [5.74, 6) is -0.120. The molecule has 1 aromatic carbocycles. The second-order valence-corrected chi connectivity index (χ2v) is 8.23. The molecule has 0 saturated carbocycles. The number of carbonyl (C=O) groups excluding carboxylic acids is 4. The van der Waals surface area contributed by atoms with Crippen LogP contribution >= 0.6 is 0 Å². The molecule has 0 aliphatic carbocycles. The number of nitrogens with zero attached hydrogens (tertiary/aromatic N) is 2. The number of piperidine rings is 1. The fourth-order valence-electron chi connectivity index (χ4n) is 3.92. The van der Waals surface area contributed by atoms with Gasteiger partial charge in [0.2, 0.25) is 11.8 Å². The molecule has 2 heterocycles. The van der Waals surface area contributed by atoms with Crippen molar-refractivity contribution in [2.24, 2.45) is 5.92 Å². The number of amides is 4. The highest BCUT2D eigenvalue weighted by molar-refractivity contribution is 6.21. The van der Waals surface area contributed by atoms with Crippen LogP contribution in [0.4, 0.5) is 0 Å². The lowest BCUT2D eigenvalue weighted by Gasteiger charge is -2.32. The van der Waals surface area contributed by atoms with Crippen LogP contribution in [-0.2, 0) is 9.59 Å².